The highest BCUT2D eigenvalue weighted by Gasteiger charge is 2.32. The first kappa shape index (κ1) is 16.4. The van der Waals surface area contributed by atoms with Crippen LogP contribution < -0.4 is 4.74 Å². The molecular formula is C17H20FN3O3. The maximum Gasteiger partial charge on any atom is 0.271 e. The summed E-state index contributed by atoms with van der Waals surface area (Å²) < 4.78 is 18.5. The fourth-order valence-corrected chi connectivity index (χ4v) is 2.82. The zero-order valence-electron chi connectivity index (χ0n) is 13.2. The summed E-state index contributed by atoms with van der Waals surface area (Å²) in [5, 5.41) is 17.2. The van der Waals surface area contributed by atoms with Crippen LogP contribution in [-0.4, -0.2) is 51.4 Å². The summed E-state index contributed by atoms with van der Waals surface area (Å²) in [6.07, 6.45) is 3.19. The second-order valence-electron chi connectivity index (χ2n) is 6.08. The molecule has 1 aliphatic heterocycles. The molecule has 2 aromatic rings. The summed E-state index contributed by atoms with van der Waals surface area (Å²) in [5.41, 5.74) is -0.555. The van der Waals surface area contributed by atoms with Gasteiger partial charge in [-0.1, -0.05) is 0 Å². The number of halogens is 1. The van der Waals surface area contributed by atoms with Gasteiger partial charge in [-0.3, -0.25) is 9.89 Å². The molecule has 3 rings (SSSR count). The Morgan fingerprint density at radius 2 is 2.08 bits per heavy atom. The number of benzene rings is 1. The van der Waals surface area contributed by atoms with E-state index in [0.717, 1.165) is 0 Å². The molecule has 1 fully saturated rings. The van der Waals surface area contributed by atoms with Gasteiger partial charge in [-0.2, -0.15) is 5.10 Å². The number of aliphatic hydroxyl groups is 1. The van der Waals surface area contributed by atoms with Crippen LogP contribution in [0, 0.1) is 5.82 Å². The van der Waals surface area contributed by atoms with Crippen LogP contribution >= 0.6 is 0 Å². The Hall–Kier alpha value is -2.41. The van der Waals surface area contributed by atoms with Crippen LogP contribution in [0.15, 0.2) is 36.5 Å². The SMILES string of the molecule is O=C(c1ccn[nH]1)N1CCCC(O)(COc2ccc(F)cc2)CC1. The second kappa shape index (κ2) is 7.00. The van der Waals surface area contributed by atoms with Crippen LogP contribution in [0.4, 0.5) is 4.39 Å². The van der Waals surface area contributed by atoms with Crippen molar-refractivity contribution < 1.29 is 19.0 Å². The molecule has 1 aliphatic rings. The van der Waals surface area contributed by atoms with E-state index < -0.39 is 5.60 Å². The Morgan fingerprint density at radius 1 is 1.29 bits per heavy atom. The normalized spacial score (nSPS) is 21.3. The largest absolute Gasteiger partial charge is 0.491 e. The van der Waals surface area contributed by atoms with Gasteiger partial charge in [-0.25, -0.2) is 4.39 Å². The van der Waals surface area contributed by atoms with Crippen LogP contribution in [-0.2, 0) is 0 Å². The van der Waals surface area contributed by atoms with Crippen LogP contribution in [0.2, 0.25) is 0 Å². The minimum Gasteiger partial charge on any atom is -0.491 e. The number of hydrogen-bond donors (Lipinski definition) is 2. The number of likely N-dealkylation sites (tertiary alicyclic amines) is 1. The first-order valence-electron chi connectivity index (χ1n) is 7.95. The van der Waals surface area contributed by atoms with Gasteiger partial charge in [0, 0.05) is 19.3 Å². The first-order valence-corrected chi connectivity index (χ1v) is 7.95. The van der Waals surface area contributed by atoms with E-state index in [4.69, 9.17) is 4.74 Å². The van der Waals surface area contributed by atoms with Crippen molar-refractivity contribution in [3.8, 4) is 5.75 Å². The highest BCUT2D eigenvalue weighted by Crippen LogP contribution is 2.24. The Labute approximate surface area is 139 Å². The van der Waals surface area contributed by atoms with Gasteiger partial charge in [0.25, 0.3) is 5.91 Å². The highest BCUT2D eigenvalue weighted by molar-refractivity contribution is 5.92. The summed E-state index contributed by atoms with van der Waals surface area (Å²) in [4.78, 5) is 14.1. The molecule has 1 aromatic heterocycles. The average Bonchev–Trinajstić information content (AvgIpc) is 3.04. The van der Waals surface area contributed by atoms with Crippen LogP contribution in [0.3, 0.4) is 0 Å². The Kier molecular flexibility index (Phi) is 4.80. The molecule has 7 heteroatoms. The molecule has 1 saturated heterocycles. The summed E-state index contributed by atoms with van der Waals surface area (Å²) in [7, 11) is 0. The zero-order chi connectivity index (χ0) is 17.0. The fraction of sp³-hybridized carbons (Fsp3) is 0.412. The van der Waals surface area contributed by atoms with Crippen molar-refractivity contribution in [3.05, 3.63) is 48.0 Å². The third-order valence-electron chi connectivity index (χ3n) is 4.26. The third-order valence-corrected chi connectivity index (χ3v) is 4.26. The van der Waals surface area contributed by atoms with E-state index in [9.17, 15) is 14.3 Å². The molecular weight excluding hydrogens is 313 g/mol. The van der Waals surface area contributed by atoms with Crippen LogP contribution in [0.25, 0.3) is 0 Å². The molecule has 0 radical (unpaired) electrons. The van der Waals surface area contributed by atoms with E-state index in [-0.39, 0.29) is 18.3 Å². The maximum absolute atomic E-state index is 12.9. The lowest BCUT2D eigenvalue weighted by atomic mass is 9.96. The number of carbonyl (C=O) groups is 1. The maximum atomic E-state index is 12.9. The summed E-state index contributed by atoms with van der Waals surface area (Å²) in [5.74, 6) is 0.0687. The number of nitrogens with zero attached hydrogens (tertiary/aromatic N) is 2. The minimum atomic E-state index is -1.00. The van der Waals surface area contributed by atoms with Gasteiger partial charge in [-0.05, 0) is 49.6 Å². The zero-order valence-corrected chi connectivity index (χ0v) is 13.2. The van der Waals surface area contributed by atoms with Gasteiger partial charge in [0.1, 0.15) is 29.5 Å². The van der Waals surface area contributed by atoms with Crippen molar-refractivity contribution in [2.45, 2.75) is 24.9 Å². The lowest BCUT2D eigenvalue weighted by molar-refractivity contribution is -0.0163. The lowest BCUT2D eigenvalue weighted by Gasteiger charge is -2.26. The van der Waals surface area contributed by atoms with E-state index in [0.29, 0.717) is 43.8 Å². The van der Waals surface area contributed by atoms with E-state index in [1.54, 1.807) is 11.0 Å². The van der Waals surface area contributed by atoms with Crippen molar-refractivity contribution in [3.63, 3.8) is 0 Å². The van der Waals surface area contributed by atoms with Gasteiger partial charge < -0.3 is 14.7 Å². The summed E-state index contributed by atoms with van der Waals surface area (Å²) >= 11 is 0. The topological polar surface area (TPSA) is 78.5 Å². The monoisotopic (exact) mass is 333 g/mol. The van der Waals surface area contributed by atoms with Gasteiger partial charge in [-0.15, -0.1) is 0 Å². The number of aromatic nitrogens is 2. The Balaban J connectivity index is 1.57. The van der Waals surface area contributed by atoms with Gasteiger partial charge in [0.2, 0.25) is 0 Å². The van der Waals surface area contributed by atoms with E-state index in [2.05, 4.69) is 10.2 Å². The number of hydrogen-bond acceptors (Lipinski definition) is 4. The number of ether oxygens (including phenoxy) is 1. The van der Waals surface area contributed by atoms with E-state index in [1.165, 1.54) is 30.5 Å². The van der Waals surface area contributed by atoms with Crippen molar-refractivity contribution in [1.82, 2.24) is 15.1 Å². The molecule has 1 unspecified atom stereocenters. The number of rotatable bonds is 4. The number of aromatic amines is 1. The number of carbonyl (C=O) groups excluding carboxylic acids is 1. The first-order chi connectivity index (χ1) is 11.6. The van der Waals surface area contributed by atoms with Crippen molar-refractivity contribution in [2.24, 2.45) is 0 Å². The van der Waals surface area contributed by atoms with Crippen molar-refractivity contribution >= 4 is 5.91 Å². The molecule has 0 bridgehead atoms. The molecule has 24 heavy (non-hydrogen) atoms. The molecule has 0 aliphatic carbocycles. The van der Waals surface area contributed by atoms with Gasteiger partial charge in [0.15, 0.2) is 0 Å². The number of nitrogens with one attached hydrogen (secondary N) is 1. The molecule has 128 valence electrons. The van der Waals surface area contributed by atoms with Crippen molar-refractivity contribution in [2.75, 3.05) is 19.7 Å². The molecule has 1 atom stereocenters. The number of H-pyrrole nitrogens is 1. The van der Waals surface area contributed by atoms with Gasteiger partial charge in [0.05, 0.1) is 0 Å². The third kappa shape index (κ3) is 3.91. The predicted octanol–water partition coefficient (Wildman–Crippen LogP) is 1.99. The minimum absolute atomic E-state index is 0.115. The molecule has 1 aromatic carbocycles. The smallest absolute Gasteiger partial charge is 0.271 e. The molecule has 0 saturated carbocycles. The molecule has 2 heterocycles. The molecule has 0 spiro atoms. The van der Waals surface area contributed by atoms with Crippen LogP contribution in [0.5, 0.6) is 5.75 Å². The molecule has 6 nitrogen and oxygen atoms in total. The summed E-state index contributed by atoms with van der Waals surface area (Å²) in [6.45, 7) is 1.14. The van der Waals surface area contributed by atoms with E-state index >= 15 is 0 Å². The van der Waals surface area contributed by atoms with Crippen LogP contribution in [0.1, 0.15) is 29.8 Å². The van der Waals surface area contributed by atoms with Crippen molar-refractivity contribution in [1.29, 1.82) is 0 Å². The summed E-state index contributed by atoms with van der Waals surface area (Å²) in [6, 6.07) is 7.33. The Morgan fingerprint density at radius 3 is 2.79 bits per heavy atom. The average molecular weight is 333 g/mol. The standard InChI is InChI=1S/C17H20FN3O3/c18-13-2-4-14(5-3-13)24-12-17(23)7-1-10-21(11-8-17)16(22)15-6-9-19-20-15/h2-6,9,23H,1,7-8,10-12H2,(H,19,20). The fourth-order valence-electron chi connectivity index (χ4n) is 2.82. The molecule has 1 amide bonds. The predicted molar refractivity (Wildman–Crippen MR) is 85.2 cm³/mol. The quantitative estimate of drug-likeness (QED) is 0.897. The molecule has 2 N–H and O–H groups in total. The second-order valence-corrected chi connectivity index (χ2v) is 6.08. The van der Waals surface area contributed by atoms with Gasteiger partial charge >= 0.3 is 0 Å². The highest BCUT2D eigenvalue weighted by atomic mass is 19.1. The number of amides is 1. The Bertz CT molecular complexity index is 675. The van der Waals surface area contributed by atoms with E-state index in [1.807, 2.05) is 0 Å². The lowest BCUT2D eigenvalue weighted by Crippen LogP contribution is -2.38.